The predicted molar refractivity (Wildman–Crippen MR) is 116 cm³/mol. The van der Waals surface area contributed by atoms with E-state index in [1.807, 2.05) is 12.1 Å². The zero-order valence-corrected chi connectivity index (χ0v) is 17.9. The van der Waals surface area contributed by atoms with Crippen LogP contribution in [-0.4, -0.2) is 46.8 Å². The number of likely N-dealkylation sites (tertiary alicyclic amines) is 1. The number of rotatable bonds is 7. The number of amides is 1. The molecule has 0 aliphatic carbocycles. The van der Waals surface area contributed by atoms with E-state index < -0.39 is 0 Å². The molecule has 1 fully saturated rings. The van der Waals surface area contributed by atoms with Crippen LogP contribution in [0.1, 0.15) is 26.7 Å². The number of carbonyl (C=O) groups is 1. The Kier molecular flexibility index (Phi) is 7.45. The van der Waals surface area contributed by atoms with E-state index in [4.69, 9.17) is 11.6 Å². The van der Waals surface area contributed by atoms with Crippen LogP contribution >= 0.6 is 11.6 Å². The summed E-state index contributed by atoms with van der Waals surface area (Å²) in [6.07, 6.45) is 2.20. The molecule has 29 heavy (non-hydrogen) atoms. The number of halogens is 1. The molecule has 0 bridgehead atoms. The first-order valence-corrected chi connectivity index (χ1v) is 10.6. The average molecular weight is 417 g/mol. The van der Waals surface area contributed by atoms with Crippen LogP contribution in [-0.2, 0) is 11.3 Å². The van der Waals surface area contributed by atoms with Crippen LogP contribution in [0.5, 0.6) is 0 Å². The lowest BCUT2D eigenvalue weighted by molar-refractivity contribution is -0.121. The lowest BCUT2D eigenvalue weighted by Crippen LogP contribution is -2.40. The van der Waals surface area contributed by atoms with Crippen LogP contribution in [0.4, 0.5) is 0 Å². The first kappa shape index (κ1) is 21.5. The van der Waals surface area contributed by atoms with E-state index in [1.54, 1.807) is 18.2 Å². The second kappa shape index (κ2) is 10.0. The summed E-state index contributed by atoms with van der Waals surface area (Å²) in [6, 6.07) is 10.3. The van der Waals surface area contributed by atoms with Crippen LogP contribution in [0.15, 0.2) is 41.2 Å². The summed E-state index contributed by atoms with van der Waals surface area (Å²) in [6.45, 7) is 8.37. The molecule has 7 heteroatoms. The van der Waals surface area contributed by atoms with Crippen molar-refractivity contribution in [2.45, 2.75) is 33.2 Å². The third-order valence-corrected chi connectivity index (χ3v) is 5.47. The number of aromatic nitrogens is 2. The van der Waals surface area contributed by atoms with Crippen LogP contribution in [0.25, 0.3) is 11.3 Å². The molecular formula is C22H29ClN4O2. The Bertz CT molecular complexity index is 871. The molecular weight excluding hydrogens is 388 g/mol. The minimum absolute atomic E-state index is 0.0853. The van der Waals surface area contributed by atoms with Gasteiger partial charge in [0.1, 0.15) is 6.54 Å². The van der Waals surface area contributed by atoms with Gasteiger partial charge in [0.2, 0.25) is 5.91 Å². The van der Waals surface area contributed by atoms with Crippen LogP contribution in [0.2, 0.25) is 5.02 Å². The molecule has 0 unspecified atom stereocenters. The maximum Gasteiger partial charge on any atom is 0.267 e. The van der Waals surface area contributed by atoms with Crippen LogP contribution in [0, 0.1) is 11.8 Å². The first-order valence-electron chi connectivity index (χ1n) is 10.2. The third-order valence-electron chi connectivity index (χ3n) is 5.22. The number of carbonyl (C=O) groups excluding carboxylic acids is 1. The van der Waals surface area contributed by atoms with Crippen molar-refractivity contribution in [2.24, 2.45) is 11.8 Å². The SMILES string of the molecule is C[C@@H]1C[C@H](C)CN(CCCNC(=O)Cn2nc(-c3ccc(Cl)cc3)ccc2=O)C1. The molecule has 156 valence electrons. The molecule has 1 aliphatic rings. The number of hydrogen-bond acceptors (Lipinski definition) is 4. The summed E-state index contributed by atoms with van der Waals surface area (Å²) in [4.78, 5) is 26.8. The molecule has 3 rings (SSSR count). The standard InChI is InChI=1S/C22H29ClN4O2/c1-16-12-17(2)14-26(13-16)11-3-10-24-21(28)15-27-22(29)9-8-20(25-27)18-4-6-19(23)7-5-18/h4-9,16-17H,3,10-15H2,1-2H3,(H,24,28)/t16-,17+. The maximum atomic E-state index is 12.3. The largest absolute Gasteiger partial charge is 0.354 e. The minimum atomic E-state index is -0.297. The Morgan fingerprint density at radius 3 is 2.52 bits per heavy atom. The van der Waals surface area contributed by atoms with E-state index in [-0.39, 0.29) is 18.0 Å². The summed E-state index contributed by atoms with van der Waals surface area (Å²) in [5, 5.41) is 7.86. The van der Waals surface area contributed by atoms with E-state index in [0.29, 0.717) is 17.3 Å². The second-order valence-corrected chi connectivity index (χ2v) is 8.57. The number of hydrogen-bond donors (Lipinski definition) is 1. The van der Waals surface area contributed by atoms with Crippen molar-refractivity contribution in [1.82, 2.24) is 20.0 Å². The molecule has 2 atom stereocenters. The van der Waals surface area contributed by atoms with Crippen molar-refractivity contribution in [3.8, 4) is 11.3 Å². The molecule has 6 nitrogen and oxygen atoms in total. The van der Waals surface area contributed by atoms with Crippen LogP contribution < -0.4 is 10.9 Å². The number of nitrogens with one attached hydrogen (secondary N) is 1. The highest BCUT2D eigenvalue weighted by atomic mass is 35.5. The fourth-order valence-corrected chi connectivity index (χ4v) is 4.16. The molecule has 0 radical (unpaired) electrons. The van der Waals surface area contributed by atoms with Gasteiger partial charge in [-0.2, -0.15) is 5.10 Å². The Balaban J connectivity index is 1.49. The van der Waals surface area contributed by atoms with Crippen molar-refractivity contribution in [3.63, 3.8) is 0 Å². The van der Waals surface area contributed by atoms with Gasteiger partial charge in [0.05, 0.1) is 5.69 Å². The summed E-state index contributed by atoms with van der Waals surface area (Å²) in [5.41, 5.74) is 1.17. The molecule has 1 N–H and O–H groups in total. The Labute approximate surface area is 176 Å². The zero-order valence-electron chi connectivity index (χ0n) is 17.1. The quantitative estimate of drug-likeness (QED) is 0.704. The highest BCUT2D eigenvalue weighted by Gasteiger charge is 2.21. The van der Waals surface area contributed by atoms with Gasteiger partial charge in [0.15, 0.2) is 0 Å². The Morgan fingerprint density at radius 1 is 1.14 bits per heavy atom. The maximum absolute atomic E-state index is 12.3. The Hall–Kier alpha value is -2.18. The van der Waals surface area contributed by atoms with Crippen molar-refractivity contribution >= 4 is 17.5 Å². The van der Waals surface area contributed by atoms with Crippen molar-refractivity contribution in [3.05, 3.63) is 51.8 Å². The molecule has 2 aromatic rings. The van der Waals surface area contributed by atoms with Gasteiger partial charge in [0, 0.05) is 36.3 Å². The van der Waals surface area contributed by atoms with Gasteiger partial charge < -0.3 is 10.2 Å². The molecule has 2 heterocycles. The highest BCUT2D eigenvalue weighted by molar-refractivity contribution is 6.30. The van der Waals surface area contributed by atoms with E-state index in [1.165, 1.54) is 17.2 Å². The van der Waals surface area contributed by atoms with E-state index in [0.717, 1.165) is 43.5 Å². The lowest BCUT2D eigenvalue weighted by atomic mass is 9.92. The second-order valence-electron chi connectivity index (χ2n) is 8.13. The average Bonchev–Trinajstić information content (AvgIpc) is 2.67. The van der Waals surface area contributed by atoms with E-state index in [9.17, 15) is 9.59 Å². The number of nitrogens with zero attached hydrogens (tertiary/aromatic N) is 3. The smallest absolute Gasteiger partial charge is 0.267 e. The van der Waals surface area contributed by atoms with Gasteiger partial charge in [-0.15, -0.1) is 0 Å². The minimum Gasteiger partial charge on any atom is -0.354 e. The fourth-order valence-electron chi connectivity index (χ4n) is 4.03. The van der Waals surface area contributed by atoms with Crippen molar-refractivity contribution in [1.29, 1.82) is 0 Å². The van der Waals surface area contributed by atoms with Crippen molar-refractivity contribution < 1.29 is 4.79 Å². The zero-order chi connectivity index (χ0) is 20.8. The third kappa shape index (κ3) is 6.41. The van der Waals surface area contributed by atoms with Gasteiger partial charge in [-0.25, -0.2) is 4.68 Å². The normalized spacial score (nSPS) is 19.8. The molecule has 1 aromatic heterocycles. The Morgan fingerprint density at radius 2 is 1.83 bits per heavy atom. The fraction of sp³-hybridized carbons (Fsp3) is 0.500. The van der Waals surface area contributed by atoms with Gasteiger partial charge in [-0.05, 0) is 49.4 Å². The predicted octanol–water partition coefficient (Wildman–Crippen LogP) is 3.05. The van der Waals surface area contributed by atoms with E-state index >= 15 is 0 Å². The molecule has 0 spiro atoms. The number of piperidine rings is 1. The molecule has 1 aliphatic heterocycles. The summed E-state index contributed by atoms with van der Waals surface area (Å²) >= 11 is 5.92. The summed E-state index contributed by atoms with van der Waals surface area (Å²) < 4.78 is 1.20. The topological polar surface area (TPSA) is 67.2 Å². The van der Waals surface area contributed by atoms with Gasteiger partial charge >= 0.3 is 0 Å². The number of benzene rings is 1. The monoisotopic (exact) mass is 416 g/mol. The lowest BCUT2D eigenvalue weighted by Gasteiger charge is -2.34. The molecule has 1 amide bonds. The first-order chi connectivity index (χ1) is 13.9. The van der Waals surface area contributed by atoms with Crippen LogP contribution in [0.3, 0.4) is 0 Å². The summed E-state index contributed by atoms with van der Waals surface area (Å²) in [7, 11) is 0. The summed E-state index contributed by atoms with van der Waals surface area (Å²) in [5.74, 6) is 1.27. The van der Waals surface area contributed by atoms with Crippen molar-refractivity contribution in [2.75, 3.05) is 26.2 Å². The van der Waals surface area contributed by atoms with Gasteiger partial charge in [-0.1, -0.05) is 37.6 Å². The molecule has 0 saturated carbocycles. The van der Waals surface area contributed by atoms with E-state index in [2.05, 4.69) is 29.2 Å². The molecule has 1 aromatic carbocycles. The highest BCUT2D eigenvalue weighted by Crippen LogP contribution is 2.21. The van der Waals surface area contributed by atoms with Gasteiger partial charge in [0.25, 0.3) is 5.56 Å². The molecule has 1 saturated heterocycles. The van der Waals surface area contributed by atoms with Gasteiger partial charge in [-0.3, -0.25) is 9.59 Å².